The number of hydrogen-bond acceptors (Lipinski definition) is 3. The molecule has 0 aliphatic heterocycles. The Kier molecular flexibility index (Phi) is 5.98. The van der Waals surface area contributed by atoms with E-state index in [4.69, 9.17) is 4.74 Å². The van der Waals surface area contributed by atoms with Crippen molar-refractivity contribution in [3.8, 4) is 5.75 Å². The Balaban J connectivity index is 2.05. The first-order valence-electron chi connectivity index (χ1n) is 7.25. The number of halogens is 2. The van der Waals surface area contributed by atoms with Crippen molar-refractivity contribution < 1.29 is 13.9 Å². The van der Waals surface area contributed by atoms with Gasteiger partial charge in [0.25, 0.3) is 0 Å². The van der Waals surface area contributed by atoms with Crippen molar-refractivity contribution in [2.75, 3.05) is 17.2 Å². The number of hydrogen-bond donors (Lipinski definition) is 2. The van der Waals surface area contributed by atoms with Crippen molar-refractivity contribution >= 4 is 33.2 Å². The van der Waals surface area contributed by atoms with Gasteiger partial charge in [-0.1, -0.05) is 28.1 Å². The Bertz CT molecular complexity index is 694. The highest BCUT2D eigenvalue weighted by molar-refractivity contribution is 9.10. The summed E-state index contributed by atoms with van der Waals surface area (Å²) >= 11 is 3.18. The van der Waals surface area contributed by atoms with E-state index in [1.807, 2.05) is 31.2 Å². The van der Waals surface area contributed by atoms with Crippen LogP contribution in [0.1, 0.15) is 13.8 Å². The summed E-state index contributed by atoms with van der Waals surface area (Å²) in [5.74, 6) is -0.156. The number of benzene rings is 2. The summed E-state index contributed by atoms with van der Waals surface area (Å²) < 4.78 is 19.9. The molecule has 23 heavy (non-hydrogen) atoms. The highest BCUT2D eigenvalue weighted by atomic mass is 79.9. The van der Waals surface area contributed by atoms with Gasteiger partial charge in [0.1, 0.15) is 17.6 Å². The third-order valence-corrected chi connectivity index (χ3v) is 3.63. The van der Waals surface area contributed by atoms with Gasteiger partial charge in [-0.3, -0.25) is 4.79 Å². The molecule has 4 nitrogen and oxygen atoms in total. The molecule has 2 rings (SSSR count). The summed E-state index contributed by atoms with van der Waals surface area (Å²) in [4.78, 5) is 12.2. The molecular formula is C17H18BrFN2O2. The SMILES string of the molecule is CCOc1ccccc1N[C@@H](C)C(=O)Nc1ccc(Br)cc1F. The van der Waals surface area contributed by atoms with E-state index in [1.165, 1.54) is 12.1 Å². The van der Waals surface area contributed by atoms with Crippen molar-refractivity contribution in [1.82, 2.24) is 0 Å². The van der Waals surface area contributed by atoms with Crippen molar-refractivity contribution in [2.24, 2.45) is 0 Å². The Morgan fingerprint density at radius 3 is 2.70 bits per heavy atom. The van der Waals surface area contributed by atoms with E-state index >= 15 is 0 Å². The van der Waals surface area contributed by atoms with Crippen LogP contribution in [0.15, 0.2) is 46.9 Å². The zero-order valence-electron chi connectivity index (χ0n) is 12.9. The average Bonchev–Trinajstić information content (AvgIpc) is 2.52. The number of anilines is 2. The van der Waals surface area contributed by atoms with Crippen molar-refractivity contribution in [1.29, 1.82) is 0 Å². The van der Waals surface area contributed by atoms with Crippen LogP contribution in [0.2, 0.25) is 0 Å². The zero-order chi connectivity index (χ0) is 16.8. The highest BCUT2D eigenvalue weighted by Crippen LogP contribution is 2.25. The number of carbonyl (C=O) groups is 1. The van der Waals surface area contributed by atoms with Crippen LogP contribution in [0.3, 0.4) is 0 Å². The predicted molar refractivity (Wildman–Crippen MR) is 93.4 cm³/mol. The molecule has 0 radical (unpaired) electrons. The fourth-order valence-electron chi connectivity index (χ4n) is 2.00. The Morgan fingerprint density at radius 2 is 2.00 bits per heavy atom. The summed E-state index contributed by atoms with van der Waals surface area (Å²) in [6, 6.07) is 11.3. The topological polar surface area (TPSA) is 50.4 Å². The minimum absolute atomic E-state index is 0.143. The van der Waals surface area contributed by atoms with Crippen LogP contribution in [0.25, 0.3) is 0 Å². The molecule has 0 spiro atoms. The van der Waals surface area contributed by atoms with Crippen LogP contribution < -0.4 is 15.4 Å². The lowest BCUT2D eigenvalue weighted by Crippen LogP contribution is -2.32. The standard InChI is InChI=1S/C17H18BrFN2O2/c1-3-23-16-7-5-4-6-15(16)20-11(2)17(22)21-14-9-8-12(18)10-13(14)19/h4-11,20H,3H2,1-2H3,(H,21,22)/t11-/m0/s1. The lowest BCUT2D eigenvalue weighted by atomic mass is 10.2. The second-order valence-electron chi connectivity index (χ2n) is 4.91. The van der Waals surface area contributed by atoms with E-state index in [1.54, 1.807) is 13.0 Å². The molecule has 0 heterocycles. The molecule has 0 unspecified atom stereocenters. The van der Waals surface area contributed by atoms with Crippen LogP contribution in [-0.4, -0.2) is 18.6 Å². The Morgan fingerprint density at radius 1 is 1.26 bits per heavy atom. The average molecular weight is 381 g/mol. The highest BCUT2D eigenvalue weighted by Gasteiger charge is 2.16. The van der Waals surface area contributed by atoms with Gasteiger partial charge in [-0.25, -0.2) is 4.39 Å². The van der Waals surface area contributed by atoms with Gasteiger partial charge >= 0.3 is 0 Å². The van der Waals surface area contributed by atoms with E-state index in [0.717, 1.165) is 0 Å². The molecular weight excluding hydrogens is 363 g/mol. The quantitative estimate of drug-likeness (QED) is 0.779. The maximum absolute atomic E-state index is 13.8. The molecule has 0 aliphatic carbocycles. The minimum Gasteiger partial charge on any atom is -0.492 e. The summed E-state index contributed by atoms with van der Waals surface area (Å²) in [7, 11) is 0. The maximum Gasteiger partial charge on any atom is 0.246 e. The lowest BCUT2D eigenvalue weighted by molar-refractivity contribution is -0.116. The van der Waals surface area contributed by atoms with Gasteiger partial charge in [0.15, 0.2) is 0 Å². The number of carbonyl (C=O) groups excluding carboxylic acids is 1. The van der Waals surface area contributed by atoms with E-state index in [2.05, 4.69) is 26.6 Å². The molecule has 6 heteroatoms. The molecule has 0 aliphatic rings. The Hall–Kier alpha value is -2.08. The van der Waals surface area contributed by atoms with Crippen LogP contribution in [0.4, 0.5) is 15.8 Å². The molecule has 1 atom stereocenters. The van der Waals surface area contributed by atoms with Gasteiger partial charge in [0.2, 0.25) is 5.91 Å². The lowest BCUT2D eigenvalue weighted by Gasteiger charge is -2.18. The number of para-hydroxylation sites is 2. The second kappa shape index (κ2) is 7.97. The summed E-state index contributed by atoms with van der Waals surface area (Å²) in [5.41, 5.74) is 0.859. The van der Waals surface area contributed by atoms with Crippen molar-refractivity contribution in [3.63, 3.8) is 0 Å². The first-order chi connectivity index (χ1) is 11.0. The molecule has 0 saturated carbocycles. The molecule has 122 valence electrons. The third-order valence-electron chi connectivity index (χ3n) is 3.14. The van der Waals surface area contributed by atoms with Gasteiger partial charge in [-0.05, 0) is 44.2 Å². The smallest absolute Gasteiger partial charge is 0.246 e. The Labute approximate surface area is 143 Å². The van der Waals surface area contributed by atoms with Crippen molar-refractivity contribution in [2.45, 2.75) is 19.9 Å². The number of nitrogens with one attached hydrogen (secondary N) is 2. The van der Waals surface area contributed by atoms with E-state index in [-0.39, 0.29) is 11.6 Å². The van der Waals surface area contributed by atoms with Crippen LogP contribution >= 0.6 is 15.9 Å². The number of rotatable bonds is 6. The monoisotopic (exact) mass is 380 g/mol. The normalized spacial score (nSPS) is 11.7. The molecule has 0 saturated heterocycles. The molecule has 0 fully saturated rings. The first kappa shape index (κ1) is 17.3. The van der Waals surface area contributed by atoms with Gasteiger partial charge in [0, 0.05) is 4.47 Å². The fraction of sp³-hybridized carbons (Fsp3) is 0.235. The van der Waals surface area contributed by atoms with Crippen molar-refractivity contribution in [3.05, 3.63) is 52.8 Å². The van der Waals surface area contributed by atoms with Gasteiger partial charge < -0.3 is 15.4 Å². The minimum atomic E-state index is -0.556. The number of amides is 1. The van der Waals surface area contributed by atoms with Gasteiger partial charge in [0.05, 0.1) is 18.0 Å². The number of ether oxygens (including phenoxy) is 1. The third kappa shape index (κ3) is 4.69. The molecule has 0 bridgehead atoms. The molecule has 2 aromatic rings. The van der Waals surface area contributed by atoms with Crippen LogP contribution in [-0.2, 0) is 4.79 Å². The predicted octanol–water partition coefficient (Wildman–Crippen LogP) is 4.43. The molecule has 0 aromatic heterocycles. The maximum atomic E-state index is 13.8. The van der Waals surface area contributed by atoms with E-state index in [0.29, 0.717) is 22.5 Å². The van der Waals surface area contributed by atoms with Crippen LogP contribution in [0.5, 0.6) is 5.75 Å². The van der Waals surface area contributed by atoms with E-state index in [9.17, 15) is 9.18 Å². The fourth-order valence-corrected chi connectivity index (χ4v) is 2.33. The molecule has 2 N–H and O–H groups in total. The summed E-state index contributed by atoms with van der Waals surface area (Å²) in [5, 5.41) is 5.65. The second-order valence-corrected chi connectivity index (χ2v) is 5.82. The van der Waals surface area contributed by atoms with E-state index < -0.39 is 11.9 Å². The largest absolute Gasteiger partial charge is 0.492 e. The van der Waals surface area contributed by atoms with Crippen LogP contribution in [0, 0.1) is 5.82 Å². The van der Waals surface area contributed by atoms with Gasteiger partial charge in [-0.2, -0.15) is 0 Å². The first-order valence-corrected chi connectivity index (χ1v) is 8.05. The molecule has 2 aromatic carbocycles. The zero-order valence-corrected chi connectivity index (χ0v) is 14.5. The molecule has 1 amide bonds. The summed E-state index contributed by atoms with van der Waals surface area (Å²) in [6.45, 7) is 4.13. The summed E-state index contributed by atoms with van der Waals surface area (Å²) in [6.07, 6.45) is 0. The van der Waals surface area contributed by atoms with Gasteiger partial charge in [-0.15, -0.1) is 0 Å².